The third kappa shape index (κ3) is 16.2. The molecule has 0 aromatic heterocycles. The number of rotatable bonds is 22. The predicted molar refractivity (Wildman–Crippen MR) is 180 cm³/mol. The molecule has 0 bridgehead atoms. The fraction of sp³-hybridized carbons (Fsp3) is 0.556. The zero-order valence-electron chi connectivity index (χ0n) is 28.6. The molecule has 2 aromatic rings. The van der Waals surface area contributed by atoms with Crippen molar-refractivity contribution in [1.29, 1.82) is 0 Å². The van der Waals surface area contributed by atoms with Crippen LogP contribution in [-0.4, -0.2) is 141 Å². The van der Waals surface area contributed by atoms with E-state index in [-0.39, 0.29) is 46.2 Å². The second-order valence-electron chi connectivity index (χ2n) is 12.7. The Morgan fingerprint density at radius 1 is 0.565 bits per heavy atom. The Bertz CT molecular complexity index is 1280. The van der Waals surface area contributed by atoms with Crippen molar-refractivity contribution in [2.45, 2.75) is 12.8 Å². The zero-order chi connectivity index (χ0) is 33.8. The van der Waals surface area contributed by atoms with E-state index in [1.807, 2.05) is 18.2 Å². The molecule has 10 nitrogen and oxygen atoms in total. The Kier molecular flexibility index (Phi) is 17.3. The molecule has 0 aliphatic rings. The van der Waals surface area contributed by atoms with Crippen LogP contribution in [0.4, 0.5) is 0 Å². The van der Waals surface area contributed by atoms with E-state index < -0.39 is 0 Å². The SMILES string of the molecule is C#Cc1cc(OCCOCCO)c(C#Cc2cc(OCCC[N+](C)(C)C)ccc2OCCC[N+](C)(C)C)cc1OCCOCCO. The molecule has 0 amide bonds. The molecule has 2 rings (SSSR count). The highest BCUT2D eigenvalue weighted by atomic mass is 16.5. The lowest BCUT2D eigenvalue weighted by Crippen LogP contribution is -2.36. The summed E-state index contributed by atoms with van der Waals surface area (Å²) < 4.78 is 36.6. The molecule has 0 unspecified atom stereocenters. The molecule has 0 spiro atoms. The Labute approximate surface area is 275 Å². The molecule has 0 fully saturated rings. The normalized spacial score (nSPS) is 11.4. The Morgan fingerprint density at radius 3 is 1.57 bits per heavy atom. The molecule has 0 saturated heterocycles. The van der Waals surface area contributed by atoms with Crippen LogP contribution in [0.25, 0.3) is 0 Å². The number of quaternary nitrogens is 2. The monoisotopic (exact) mass is 642 g/mol. The van der Waals surface area contributed by atoms with Crippen molar-refractivity contribution >= 4 is 0 Å². The topological polar surface area (TPSA) is 95.8 Å². The molecule has 0 aliphatic carbocycles. The number of nitrogens with zero attached hydrogens (tertiary/aromatic N) is 2. The standard InChI is InChI=1S/C36H54N2O8/c1-8-30-28-36(46-26-24-42-22-18-40)32(29-35(30)45-25-23-41-21-17-39)12-11-31-27-33(43-19-9-15-37(2,3)4)13-14-34(31)44-20-10-16-38(5,6)7/h1,13-14,27-29,39-40H,9-10,15-26H2,2-7H3/q+2. The first-order valence-electron chi connectivity index (χ1n) is 15.8. The maximum Gasteiger partial charge on any atom is 0.136 e. The number of ether oxygens (including phenoxy) is 6. The molecule has 10 heteroatoms. The molecular weight excluding hydrogens is 588 g/mol. The second-order valence-corrected chi connectivity index (χ2v) is 12.7. The molecule has 46 heavy (non-hydrogen) atoms. The summed E-state index contributed by atoms with van der Waals surface area (Å²) in [7, 11) is 13.0. The number of hydrogen-bond acceptors (Lipinski definition) is 8. The maximum atomic E-state index is 9.00. The van der Waals surface area contributed by atoms with Crippen LogP contribution in [0.5, 0.6) is 23.0 Å². The molecule has 0 saturated carbocycles. The van der Waals surface area contributed by atoms with Gasteiger partial charge in [0.25, 0.3) is 0 Å². The number of aliphatic hydroxyl groups excluding tert-OH is 2. The van der Waals surface area contributed by atoms with Crippen LogP contribution in [0.3, 0.4) is 0 Å². The predicted octanol–water partition coefficient (Wildman–Crippen LogP) is 2.79. The average Bonchev–Trinajstić information content (AvgIpc) is 3.00. The Balaban J connectivity index is 2.40. The van der Waals surface area contributed by atoms with E-state index in [0.29, 0.717) is 53.8 Å². The van der Waals surface area contributed by atoms with Gasteiger partial charge in [-0.25, -0.2) is 0 Å². The van der Waals surface area contributed by atoms with Gasteiger partial charge in [-0.2, -0.15) is 0 Å². The van der Waals surface area contributed by atoms with Gasteiger partial charge in [0.15, 0.2) is 0 Å². The van der Waals surface area contributed by atoms with Crippen molar-refractivity contribution in [3.63, 3.8) is 0 Å². The third-order valence-corrected chi connectivity index (χ3v) is 6.43. The number of aliphatic hydroxyl groups is 2. The minimum absolute atomic E-state index is 0.0621. The van der Waals surface area contributed by atoms with Crippen LogP contribution >= 0.6 is 0 Å². The van der Waals surface area contributed by atoms with Crippen LogP contribution in [0.1, 0.15) is 29.5 Å². The Hall–Kier alpha value is -3.48. The van der Waals surface area contributed by atoms with Crippen LogP contribution in [0.2, 0.25) is 0 Å². The largest absolute Gasteiger partial charge is 0.493 e. The number of benzene rings is 2. The van der Waals surface area contributed by atoms with Gasteiger partial charge in [-0.15, -0.1) is 6.42 Å². The zero-order valence-corrected chi connectivity index (χ0v) is 28.6. The van der Waals surface area contributed by atoms with E-state index in [4.69, 9.17) is 45.1 Å². The lowest BCUT2D eigenvalue weighted by atomic mass is 10.1. The van der Waals surface area contributed by atoms with E-state index >= 15 is 0 Å². The van der Waals surface area contributed by atoms with Crippen molar-refractivity contribution in [3.8, 4) is 47.2 Å². The summed E-state index contributed by atoms with van der Waals surface area (Å²) in [6.45, 7) is 4.53. The highest BCUT2D eigenvalue weighted by molar-refractivity contribution is 5.60. The van der Waals surface area contributed by atoms with Gasteiger partial charge in [0.1, 0.15) is 36.2 Å². The minimum atomic E-state index is -0.0651. The van der Waals surface area contributed by atoms with E-state index in [9.17, 15) is 0 Å². The van der Waals surface area contributed by atoms with Crippen molar-refractivity contribution in [2.24, 2.45) is 0 Å². The van der Waals surface area contributed by atoms with Crippen molar-refractivity contribution in [1.82, 2.24) is 0 Å². The highest BCUT2D eigenvalue weighted by Crippen LogP contribution is 2.30. The number of terminal acetylenes is 1. The van der Waals surface area contributed by atoms with Gasteiger partial charge in [0.05, 0.1) is 125 Å². The highest BCUT2D eigenvalue weighted by Gasteiger charge is 2.13. The first kappa shape index (κ1) is 38.7. The van der Waals surface area contributed by atoms with Gasteiger partial charge in [0.2, 0.25) is 0 Å². The fourth-order valence-corrected chi connectivity index (χ4v) is 4.17. The molecular formula is C36H54N2O8+2. The molecule has 0 radical (unpaired) electrons. The average molecular weight is 643 g/mol. The molecule has 2 N–H and O–H groups in total. The summed E-state index contributed by atoms with van der Waals surface area (Å²) in [5, 5.41) is 18.0. The van der Waals surface area contributed by atoms with Crippen molar-refractivity contribution in [3.05, 3.63) is 47.0 Å². The molecule has 0 aliphatic heterocycles. The third-order valence-electron chi connectivity index (χ3n) is 6.43. The van der Waals surface area contributed by atoms with E-state index in [2.05, 4.69) is 60.0 Å². The van der Waals surface area contributed by atoms with Crippen LogP contribution in [0, 0.1) is 24.2 Å². The van der Waals surface area contributed by atoms with E-state index in [0.717, 1.165) is 40.6 Å². The molecule has 0 heterocycles. The van der Waals surface area contributed by atoms with Crippen molar-refractivity contribution in [2.75, 3.05) is 121 Å². The second kappa shape index (κ2) is 20.6. The molecule has 254 valence electrons. The van der Waals surface area contributed by atoms with Crippen LogP contribution < -0.4 is 18.9 Å². The first-order chi connectivity index (χ1) is 22.0. The minimum Gasteiger partial charge on any atom is -0.493 e. The molecule has 0 atom stereocenters. The smallest absolute Gasteiger partial charge is 0.136 e. The lowest BCUT2D eigenvalue weighted by Gasteiger charge is -2.24. The van der Waals surface area contributed by atoms with Crippen molar-refractivity contribution < 1.29 is 47.6 Å². The van der Waals surface area contributed by atoms with Gasteiger partial charge in [0, 0.05) is 25.0 Å². The summed E-state index contributed by atoms with van der Waals surface area (Å²) in [5.74, 6) is 11.5. The quantitative estimate of drug-likeness (QED) is 0.115. The van der Waals surface area contributed by atoms with Gasteiger partial charge in [-0.3, -0.25) is 0 Å². The van der Waals surface area contributed by atoms with E-state index in [1.54, 1.807) is 12.1 Å². The van der Waals surface area contributed by atoms with Crippen LogP contribution in [0.15, 0.2) is 30.3 Å². The van der Waals surface area contributed by atoms with Gasteiger partial charge >= 0.3 is 0 Å². The Morgan fingerprint density at radius 2 is 1.04 bits per heavy atom. The van der Waals surface area contributed by atoms with Gasteiger partial charge in [-0.1, -0.05) is 17.8 Å². The van der Waals surface area contributed by atoms with Crippen LogP contribution in [-0.2, 0) is 9.47 Å². The molecule has 2 aromatic carbocycles. The van der Waals surface area contributed by atoms with E-state index in [1.165, 1.54) is 0 Å². The summed E-state index contributed by atoms with van der Waals surface area (Å²) in [6, 6.07) is 9.20. The summed E-state index contributed by atoms with van der Waals surface area (Å²) in [4.78, 5) is 0. The number of hydrogen-bond donors (Lipinski definition) is 2. The lowest BCUT2D eigenvalue weighted by molar-refractivity contribution is -0.870. The first-order valence-corrected chi connectivity index (χ1v) is 15.8. The fourth-order valence-electron chi connectivity index (χ4n) is 4.17. The summed E-state index contributed by atoms with van der Waals surface area (Å²) in [6.07, 6.45) is 7.62. The summed E-state index contributed by atoms with van der Waals surface area (Å²) in [5.41, 5.74) is 1.76. The van der Waals surface area contributed by atoms with Gasteiger partial charge < -0.3 is 47.6 Å². The van der Waals surface area contributed by atoms with Gasteiger partial charge in [-0.05, 0) is 18.2 Å². The maximum absolute atomic E-state index is 9.00. The summed E-state index contributed by atoms with van der Waals surface area (Å²) >= 11 is 0.